The first-order valence-corrected chi connectivity index (χ1v) is 6.25. The number of nitrogens with one attached hydrogen (secondary N) is 1. The average molecular weight is 265 g/mol. The highest BCUT2D eigenvalue weighted by molar-refractivity contribution is 5.71. The van der Waals surface area contributed by atoms with Gasteiger partial charge < -0.3 is 19.9 Å². The second-order valence-corrected chi connectivity index (χ2v) is 4.80. The number of rotatable bonds is 4. The molecule has 0 aromatic heterocycles. The molecule has 1 saturated heterocycles. The molecule has 1 aliphatic rings. The summed E-state index contributed by atoms with van der Waals surface area (Å²) in [7, 11) is 3.25. The molecular formula is C14H19NO4. The highest BCUT2D eigenvalue weighted by Crippen LogP contribution is 2.37. The van der Waals surface area contributed by atoms with E-state index in [1.54, 1.807) is 14.2 Å². The molecule has 1 fully saturated rings. The van der Waals surface area contributed by atoms with Crippen LogP contribution in [0.5, 0.6) is 11.5 Å². The molecule has 104 valence electrons. The molecule has 2 atom stereocenters. The topological polar surface area (TPSA) is 67.8 Å². The van der Waals surface area contributed by atoms with Gasteiger partial charge in [-0.15, -0.1) is 0 Å². The fraction of sp³-hybridized carbons (Fsp3) is 0.500. The lowest BCUT2D eigenvalue weighted by atomic mass is 9.97. The van der Waals surface area contributed by atoms with Crippen LogP contribution in [0.1, 0.15) is 23.6 Å². The third kappa shape index (κ3) is 2.66. The highest BCUT2D eigenvalue weighted by atomic mass is 16.5. The van der Waals surface area contributed by atoms with E-state index in [9.17, 15) is 4.79 Å². The lowest BCUT2D eigenvalue weighted by molar-refractivity contribution is -0.141. The van der Waals surface area contributed by atoms with Crippen LogP contribution in [-0.2, 0) is 4.79 Å². The van der Waals surface area contributed by atoms with Gasteiger partial charge >= 0.3 is 5.97 Å². The molecule has 0 bridgehead atoms. The number of carboxylic acids is 1. The second-order valence-electron chi connectivity index (χ2n) is 4.80. The van der Waals surface area contributed by atoms with Crippen LogP contribution >= 0.6 is 0 Å². The predicted octanol–water partition coefficient (Wildman–Crippen LogP) is 1.75. The zero-order valence-electron chi connectivity index (χ0n) is 11.4. The van der Waals surface area contributed by atoms with E-state index in [1.165, 1.54) is 0 Å². The maximum absolute atomic E-state index is 11.0. The Balaban J connectivity index is 2.33. The predicted molar refractivity (Wildman–Crippen MR) is 70.8 cm³/mol. The molecular weight excluding hydrogens is 246 g/mol. The molecule has 0 aliphatic carbocycles. The van der Waals surface area contributed by atoms with E-state index in [-0.39, 0.29) is 12.0 Å². The fourth-order valence-corrected chi connectivity index (χ4v) is 2.58. The zero-order valence-corrected chi connectivity index (χ0v) is 11.4. The van der Waals surface area contributed by atoms with E-state index < -0.39 is 5.97 Å². The minimum Gasteiger partial charge on any atom is -0.497 e. The number of carbonyl (C=O) groups is 1. The number of hydrogen-bond acceptors (Lipinski definition) is 4. The number of methoxy groups -OCH3 is 2. The Morgan fingerprint density at radius 2 is 2.11 bits per heavy atom. The molecule has 5 heteroatoms. The first kappa shape index (κ1) is 13.7. The van der Waals surface area contributed by atoms with Crippen molar-refractivity contribution in [1.29, 1.82) is 0 Å². The van der Waals surface area contributed by atoms with E-state index >= 15 is 0 Å². The largest absolute Gasteiger partial charge is 0.497 e. The van der Waals surface area contributed by atoms with Crippen molar-refractivity contribution in [3.8, 4) is 11.5 Å². The van der Waals surface area contributed by atoms with E-state index in [0.29, 0.717) is 13.0 Å². The zero-order chi connectivity index (χ0) is 14.0. The quantitative estimate of drug-likeness (QED) is 0.868. The van der Waals surface area contributed by atoms with Gasteiger partial charge in [-0.1, -0.05) is 0 Å². The van der Waals surface area contributed by atoms with Gasteiger partial charge in [0, 0.05) is 18.2 Å². The summed E-state index contributed by atoms with van der Waals surface area (Å²) in [5.74, 6) is 0.452. The van der Waals surface area contributed by atoms with Gasteiger partial charge in [0.25, 0.3) is 0 Å². The third-order valence-corrected chi connectivity index (χ3v) is 3.57. The summed E-state index contributed by atoms with van der Waals surface area (Å²) in [5, 5.41) is 12.3. The van der Waals surface area contributed by atoms with Gasteiger partial charge in [-0.25, -0.2) is 0 Å². The van der Waals surface area contributed by atoms with Crippen LogP contribution < -0.4 is 14.8 Å². The summed E-state index contributed by atoms with van der Waals surface area (Å²) >= 11 is 0. The molecule has 0 amide bonds. The van der Waals surface area contributed by atoms with Crippen molar-refractivity contribution in [1.82, 2.24) is 5.32 Å². The van der Waals surface area contributed by atoms with Gasteiger partial charge in [-0.2, -0.15) is 0 Å². The van der Waals surface area contributed by atoms with Crippen LogP contribution in [0.25, 0.3) is 0 Å². The van der Waals surface area contributed by atoms with Gasteiger partial charge in [-0.3, -0.25) is 4.79 Å². The minimum atomic E-state index is -0.756. The van der Waals surface area contributed by atoms with Crippen molar-refractivity contribution < 1.29 is 19.4 Å². The maximum Gasteiger partial charge on any atom is 0.307 e. The standard InChI is InChI=1S/C14H19NO4/c1-8-4-10(18-2)6-11(13(8)19-3)12-5-9(7-15-12)14(16)17/h4,6,9,12,15H,5,7H2,1-3H3,(H,16,17). The lowest BCUT2D eigenvalue weighted by Crippen LogP contribution is -2.17. The number of aryl methyl sites for hydroxylation is 1. The Morgan fingerprint density at radius 1 is 1.37 bits per heavy atom. The van der Waals surface area contributed by atoms with Crippen LogP contribution in [0.2, 0.25) is 0 Å². The summed E-state index contributed by atoms with van der Waals surface area (Å²) in [6.07, 6.45) is 0.568. The van der Waals surface area contributed by atoms with E-state index in [4.69, 9.17) is 14.6 Å². The number of aliphatic carboxylic acids is 1. The number of ether oxygens (including phenoxy) is 2. The Hall–Kier alpha value is -1.75. The van der Waals surface area contributed by atoms with Gasteiger partial charge in [0.2, 0.25) is 0 Å². The SMILES string of the molecule is COc1cc(C)c(OC)c(C2CC(C(=O)O)CN2)c1. The van der Waals surface area contributed by atoms with Crippen LogP contribution in [0, 0.1) is 12.8 Å². The number of carboxylic acid groups (broad SMARTS) is 1. The van der Waals surface area contributed by atoms with Crippen molar-refractivity contribution in [2.24, 2.45) is 5.92 Å². The first-order chi connectivity index (χ1) is 9.06. The van der Waals surface area contributed by atoms with Crippen LogP contribution in [0.15, 0.2) is 12.1 Å². The van der Waals surface area contributed by atoms with Crippen LogP contribution in [0.3, 0.4) is 0 Å². The van der Waals surface area contributed by atoms with Gasteiger partial charge in [0.15, 0.2) is 0 Å². The van der Waals surface area contributed by atoms with Gasteiger partial charge in [0.05, 0.1) is 20.1 Å². The number of hydrogen-bond donors (Lipinski definition) is 2. The van der Waals surface area contributed by atoms with Crippen molar-refractivity contribution in [2.45, 2.75) is 19.4 Å². The Labute approximate surface area is 112 Å². The van der Waals surface area contributed by atoms with Crippen molar-refractivity contribution in [3.63, 3.8) is 0 Å². The molecule has 0 spiro atoms. The fourth-order valence-electron chi connectivity index (χ4n) is 2.58. The molecule has 2 rings (SSSR count). The molecule has 5 nitrogen and oxygen atoms in total. The lowest BCUT2D eigenvalue weighted by Gasteiger charge is -2.18. The number of benzene rings is 1. The molecule has 1 aliphatic heterocycles. The average Bonchev–Trinajstić information content (AvgIpc) is 2.87. The smallest absolute Gasteiger partial charge is 0.307 e. The minimum absolute atomic E-state index is 0.00940. The Morgan fingerprint density at radius 3 is 2.63 bits per heavy atom. The summed E-state index contributed by atoms with van der Waals surface area (Å²) in [6, 6.07) is 3.81. The second kappa shape index (κ2) is 5.48. The van der Waals surface area contributed by atoms with Crippen molar-refractivity contribution in [2.75, 3.05) is 20.8 Å². The van der Waals surface area contributed by atoms with Crippen LogP contribution in [-0.4, -0.2) is 31.8 Å². The van der Waals surface area contributed by atoms with E-state index in [0.717, 1.165) is 22.6 Å². The summed E-state index contributed by atoms with van der Waals surface area (Å²) in [5.41, 5.74) is 1.94. The maximum atomic E-state index is 11.0. The Kier molecular flexibility index (Phi) is 3.95. The Bertz CT molecular complexity index is 487. The van der Waals surface area contributed by atoms with Gasteiger partial charge in [-0.05, 0) is 31.0 Å². The molecule has 1 aromatic rings. The molecule has 0 radical (unpaired) electrons. The molecule has 0 saturated carbocycles. The van der Waals surface area contributed by atoms with E-state index in [1.807, 2.05) is 19.1 Å². The van der Waals surface area contributed by atoms with E-state index in [2.05, 4.69) is 5.32 Å². The normalized spacial score (nSPS) is 22.3. The molecule has 2 N–H and O–H groups in total. The van der Waals surface area contributed by atoms with Gasteiger partial charge in [0.1, 0.15) is 11.5 Å². The van der Waals surface area contributed by atoms with Crippen LogP contribution in [0.4, 0.5) is 0 Å². The molecule has 1 heterocycles. The summed E-state index contributed by atoms with van der Waals surface area (Å²) in [4.78, 5) is 11.0. The van der Waals surface area contributed by atoms with Crippen molar-refractivity contribution >= 4 is 5.97 Å². The molecule has 1 aromatic carbocycles. The molecule has 2 unspecified atom stereocenters. The third-order valence-electron chi connectivity index (χ3n) is 3.57. The summed E-state index contributed by atoms with van der Waals surface area (Å²) in [6.45, 7) is 2.44. The van der Waals surface area contributed by atoms with Crippen molar-refractivity contribution in [3.05, 3.63) is 23.3 Å². The monoisotopic (exact) mass is 265 g/mol. The highest BCUT2D eigenvalue weighted by Gasteiger charge is 2.32. The molecule has 19 heavy (non-hydrogen) atoms. The summed E-state index contributed by atoms with van der Waals surface area (Å²) < 4.78 is 10.7. The first-order valence-electron chi connectivity index (χ1n) is 6.25.